The van der Waals surface area contributed by atoms with Gasteiger partial charge in [0.1, 0.15) is 0 Å². The fraction of sp³-hybridized carbons (Fsp3) is 0.296. The van der Waals surface area contributed by atoms with Crippen LogP contribution in [0.5, 0.6) is 0 Å². The highest BCUT2D eigenvalue weighted by Gasteiger charge is 2.36. The van der Waals surface area contributed by atoms with E-state index in [9.17, 15) is 14.9 Å². The Bertz CT molecular complexity index is 1260. The van der Waals surface area contributed by atoms with Gasteiger partial charge in [-0.05, 0) is 49.9 Å². The lowest BCUT2D eigenvalue weighted by molar-refractivity contribution is -0.138. The van der Waals surface area contributed by atoms with Crippen LogP contribution in [0.15, 0.2) is 70.4 Å². The Kier molecular flexibility index (Phi) is 7.84. The highest BCUT2D eigenvalue weighted by molar-refractivity contribution is 8.03. The number of allylic oxidation sites excluding steroid dienone is 2. The van der Waals surface area contributed by atoms with Crippen LogP contribution in [0.25, 0.3) is 0 Å². The normalized spacial score (nSPS) is 17.4. The summed E-state index contributed by atoms with van der Waals surface area (Å²) in [7, 11) is 0. The molecule has 0 radical (unpaired) electrons. The first kappa shape index (κ1) is 24.9. The molecule has 1 atom stereocenters. The van der Waals surface area contributed by atoms with Gasteiger partial charge >= 0.3 is 5.97 Å². The fourth-order valence-corrected chi connectivity index (χ4v) is 5.74. The SMILES string of the molecule is CCOC(=O)C1=C(C)NC(SCC(=O)N2CCCc3ccccc32)=C(C#N)C1c1ccccc1Cl. The third kappa shape index (κ3) is 5.09. The molecule has 1 amide bonds. The van der Waals surface area contributed by atoms with Gasteiger partial charge in [-0.1, -0.05) is 59.8 Å². The fourth-order valence-electron chi connectivity index (χ4n) is 4.53. The number of carbonyl (C=O) groups excluding carboxylic acids is 2. The lowest BCUT2D eigenvalue weighted by Crippen LogP contribution is -2.37. The van der Waals surface area contributed by atoms with Crippen molar-refractivity contribution in [3.8, 4) is 6.07 Å². The minimum atomic E-state index is -0.692. The molecule has 0 aromatic heterocycles. The zero-order chi connectivity index (χ0) is 24.9. The Labute approximate surface area is 214 Å². The van der Waals surface area contributed by atoms with Gasteiger partial charge in [0.15, 0.2) is 0 Å². The third-order valence-electron chi connectivity index (χ3n) is 6.11. The number of benzene rings is 2. The van der Waals surface area contributed by atoms with E-state index in [0.717, 1.165) is 18.5 Å². The van der Waals surface area contributed by atoms with Crippen LogP contribution in [0.4, 0.5) is 5.69 Å². The number of nitrogens with zero attached hydrogens (tertiary/aromatic N) is 2. The number of thioether (sulfide) groups is 1. The van der Waals surface area contributed by atoms with Crippen LogP contribution in [0.3, 0.4) is 0 Å². The van der Waals surface area contributed by atoms with Crippen LogP contribution in [0.2, 0.25) is 5.02 Å². The summed E-state index contributed by atoms with van der Waals surface area (Å²) in [6.45, 7) is 4.39. The summed E-state index contributed by atoms with van der Waals surface area (Å²) in [5.74, 6) is -1.07. The van der Waals surface area contributed by atoms with E-state index in [-0.39, 0.29) is 18.3 Å². The number of ether oxygens (including phenoxy) is 1. The van der Waals surface area contributed by atoms with Crippen LogP contribution >= 0.6 is 23.4 Å². The molecular weight excluding hydrogens is 482 g/mol. The Morgan fingerprint density at radius 2 is 1.97 bits per heavy atom. The molecule has 35 heavy (non-hydrogen) atoms. The van der Waals surface area contributed by atoms with Crippen LogP contribution in [-0.2, 0) is 20.7 Å². The number of fused-ring (bicyclic) bond motifs is 1. The number of anilines is 1. The Balaban J connectivity index is 1.65. The number of halogens is 1. The maximum Gasteiger partial charge on any atom is 0.336 e. The number of aryl methyl sites for hydroxylation is 1. The summed E-state index contributed by atoms with van der Waals surface area (Å²) >= 11 is 7.77. The smallest absolute Gasteiger partial charge is 0.336 e. The number of rotatable bonds is 6. The largest absolute Gasteiger partial charge is 0.463 e. The molecule has 0 fully saturated rings. The number of nitriles is 1. The molecule has 4 rings (SSSR count). The minimum Gasteiger partial charge on any atom is -0.463 e. The van der Waals surface area contributed by atoms with Crippen molar-refractivity contribution >= 4 is 40.9 Å². The number of para-hydroxylation sites is 1. The number of nitrogens with one attached hydrogen (secondary N) is 1. The number of hydrogen-bond donors (Lipinski definition) is 1. The molecule has 2 heterocycles. The second-order valence-electron chi connectivity index (χ2n) is 8.26. The average Bonchev–Trinajstić information content (AvgIpc) is 2.87. The molecule has 2 aromatic rings. The molecule has 0 saturated carbocycles. The van der Waals surface area contributed by atoms with Gasteiger partial charge in [-0.2, -0.15) is 5.26 Å². The van der Waals surface area contributed by atoms with E-state index in [4.69, 9.17) is 16.3 Å². The number of dihydropyridines is 1. The highest BCUT2D eigenvalue weighted by Crippen LogP contribution is 2.43. The topological polar surface area (TPSA) is 82.4 Å². The van der Waals surface area contributed by atoms with Gasteiger partial charge in [-0.25, -0.2) is 4.79 Å². The monoisotopic (exact) mass is 507 g/mol. The maximum absolute atomic E-state index is 13.2. The maximum atomic E-state index is 13.2. The molecule has 0 spiro atoms. The van der Waals surface area contributed by atoms with Crippen LogP contribution in [0, 0.1) is 11.3 Å². The molecule has 2 aliphatic rings. The van der Waals surface area contributed by atoms with Crippen molar-refractivity contribution in [1.82, 2.24) is 5.32 Å². The number of amides is 1. The Hall–Kier alpha value is -3.21. The summed E-state index contributed by atoms with van der Waals surface area (Å²) in [6.07, 6.45) is 1.87. The first-order valence-electron chi connectivity index (χ1n) is 11.5. The zero-order valence-corrected chi connectivity index (χ0v) is 21.2. The van der Waals surface area contributed by atoms with Crippen molar-refractivity contribution in [3.63, 3.8) is 0 Å². The average molecular weight is 508 g/mol. The molecule has 6 nitrogen and oxygen atoms in total. The number of esters is 1. The summed E-state index contributed by atoms with van der Waals surface area (Å²) in [6, 6.07) is 17.4. The van der Waals surface area contributed by atoms with Crippen molar-refractivity contribution in [2.75, 3.05) is 23.8 Å². The highest BCUT2D eigenvalue weighted by atomic mass is 35.5. The molecule has 1 N–H and O–H groups in total. The molecular formula is C27H26ClN3O3S. The first-order valence-corrected chi connectivity index (χ1v) is 12.9. The van der Waals surface area contributed by atoms with Crippen molar-refractivity contribution in [3.05, 3.63) is 86.6 Å². The number of hydrogen-bond acceptors (Lipinski definition) is 6. The van der Waals surface area contributed by atoms with Gasteiger partial charge in [-0.15, -0.1) is 0 Å². The Morgan fingerprint density at radius 1 is 1.23 bits per heavy atom. The first-order chi connectivity index (χ1) is 17.0. The molecule has 0 bridgehead atoms. The van der Waals surface area contributed by atoms with E-state index >= 15 is 0 Å². The standard InChI is InChI=1S/C27H26ClN3O3S/c1-3-34-27(33)24-17(2)30-26(20(15-29)25(24)19-11-5-6-12-21(19)28)35-16-23(32)31-14-8-10-18-9-4-7-13-22(18)31/h4-7,9,11-13,25,30H,3,8,10,14,16H2,1-2H3. The van der Waals surface area contributed by atoms with E-state index in [0.29, 0.717) is 39.0 Å². The quantitative estimate of drug-likeness (QED) is 0.533. The van der Waals surface area contributed by atoms with E-state index < -0.39 is 11.9 Å². The lowest BCUT2D eigenvalue weighted by atomic mass is 9.82. The third-order valence-corrected chi connectivity index (χ3v) is 7.46. The van der Waals surface area contributed by atoms with E-state index in [1.807, 2.05) is 29.2 Å². The summed E-state index contributed by atoms with van der Waals surface area (Å²) in [4.78, 5) is 27.9. The lowest BCUT2D eigenvalue weighted by Gasteiger charge is -2.31. The van der Waals surface area contributed by atoms with Gasteiger partial charge < -0.3 is 15.0 Å². The van der Waals surface area contributed by atoms with Gasteiger partial charge in [0.25, 0.3) is 0 Å². The van der Waals surface area contributed by atoms with Crippen molar-refractivity contribution in [1.29, 1.82) is 5.26 Å². The molecule has 8 heteroatoms. The van der Waals surface area contributed by atoms with Gasteiger partial charge in [0.2, 0.25) is 5.91 Å². The Morgan fingerprint density at radius 3 is 2.71 bits per heavy atom. The van der Waals surface area contributed by atoms with Crippen LogP contribution < -0.4 is 10.2 Å². The molecule has 1 unspecified atom stereocenters. The van der Waals surface area contributed by atoms with E-state index in [2.05, 4.69) is 17.5 Å². The second-order valence-corrected chi connectivity index (χ2v) is 9.65. The van der Waals surface area contributed by atoms with Crippen molar-refractivity contribution in [2.24, 2.45) is 0 Å². The predicted molar refractivity (Wildman–Crippen MR) is 139 cm³/mol. The van der Waals surface area contributed by atoms with Gasteiger partial charge in [0.05, 0.1) is 40.5 Å². The van der Waals surface area contributed by atoms with Gasteiger partial charge in [-0.3, -0.25) is 4.79 Å². The van der Waals surface area contributed by atoms with Crippen LogP contribution in [-0.4, -0.2) is 30.8 Å². The van der Waals surface area contributed by atoms with Crippen LogP contribution in [0.1, 0.15) is 37.3 Å². The molecule has 2 aliphatic heterocycles. The molecule has 180 valence electrons. The van der Waals surface area contributed by atoms with E-state index in [1.165, 1.54) is 17.3 Å². The van der Waals surface area contributed by atoms with Crippen molar-refractivity contribution in [2.45, 2.75) is 32.6 Å². The van der Waals surface area contributed by atoms with Gasteiger partial charge in [0, 0.05) is 23.0 Å². The second kappa shape index (κ2) is 11.0. The zero-order valence-electron chi connectivity index (χ0n) is 19.6. The molecule has 0 saturated heterocycles. The molecule has 2 aromatic carbocycles. The number of carbonyl (C=O) groups is 2. The van der Waals surface area contributed by atoms with E-state index in [1.54, 1.807) is 32.0 Å². The summed E-state index contributed by atoms with van der Waals surface area (Å²) in [5, 5.41) is 14.4. The summed E-state index contributed by atoms with van der Waals surface area (Å²) in [5.41, 5.74) is 4.02. The molecule has 0 aliphatic carbocycles. The summed E-state index contributed by atoms with van der Waals surface area (Å²) < 4.78 is 5.30. The predicted octanol–water partition coefficient (Wildman–Crippen LogP) is 5.31. The van der Waals surface area contributed by atoms with Crippen molar-refractivity contribution < 1.29 is 14.3 Å². The minimum absolute atomic E-state index is 0.0270.